The molecular weight excluding hydrogens is 241 g/mol. The first-order valence-electron chi connectivity index (χ1n) is 6.16. The molecule has 0 aliphatic carbocycles. The van der Waals surface area contributed by atoms with E-state index in [0.717, 1.165) is 5.69 Å². The Bertz CT molecular complexity index is 717. The lowest BCUT2D eigenvalue weighted by atomic mass is 10.2. The fourth-order valence-corrected chi connectivity index (χ4v) is 2.25. The number of nitrogens with two attached hydrogens (primary N) is 1. The number of para-hydroxylation sites is 2. The highest BCUT2D eigenvalue weighted by atomic mass is 19.1. The minimum atomic E-state index is -0.291. The summed E-state index contributed by atoms with van der Waals surface area (Å²) in [4.78, 5) is 4.45. The monoisotopic (exact) mass is 255 g/mol. The molecule has 3 rings (SSSR count). The fourth-order valence-electron chi connectivity index (χ4n) is 2.25. The van der Waals surface area contributed by atoms with Crippen LogP contribution in [0.5, 0.6) is 0 Å². The molecule has 3 nitrogen and oxygen atoms in total. The normalized spacial score (nSPS) is 12.8. The lowest BCUT2D eigenvalue weighted by molar-refractivity contribution is 0.631. The largest absolute Gasteiger partial charge is 0.322 e. The van der Waals surface area contributed by atoms with Crippen molar-refractivity contribution in [3.8, 4) is 5.69 Å². The number of nitrogens with zero attached hydrogens (tertiary/aromatic N) is 2. The molecule has 2 N–H and O–H groups in total. The van der Waals surface area contributed by atoms with Gasteiger partial charge < -0.3 is 5.73 Å². The second-order valence-corrected chi connectivity index (χ2v) is 4.54. The maximum Gasteiger partial charge on any atom is 0.149 e. The third-order valence-corrected chi connectivity index (χ3v) is 3.07. The van der Waals surface area contributed by atoms with E-state index < -0.39 is 0 Å². The van der Waals surface area contributed by atoms with Crippen LogP contribution in [0.1, 0.15) is 18.8 Å². The average molecular weight is 255 g/mol. The van der Waals surface area contributed by atoms with Crippen LogP contribution >= 0.6 is 0 Å². The molecule has 0 aliphatic rings. The van der Waals surface area contributed by atoms with Crippen molar-refractivity contribution in [3.05, 3.63) is 60.2 Å². The number of hydrogen-bond donors (Lipinski definition) is 1. The predicted octanol–water partition coefficient (Wildman–Crippen LogP) is 3.18. The van der Waals surface area contributed by atoms with E-state index in [9.17, 15) is 4.39 Å². The van der Waals surface area contributed by atoms with Crippen molar-refractivity contribution in [1.29, 1.82) is 0 Å². The molecule has 0 aliphatic heterocycles. The molecule has 0 amide bonds. The molecule has 2 aromatic carbocycles. The molecule has 0 spiro atoms. The molecule has 0 saturated carbocycles. The zero-order valence-electron chi connectivity index (χ0n) is 10.5. The van der Waals surface area contributed by atoms with Crippen LogP contribution in [0.15, 0.2) is 48.5 Å². The van der Waals surface area contributed by atoms with E-state index in [1.54, 1.807) is 16.7 Å². The van der Waals surface area contributed by atoms with E-state index in [1.165, 1.54) is 6.07 Å². The number of rotatable bonds is 2. The highest BCUT2D eigenvalue weighted by Crippen LogP contribution is 2.26. The van der Waals surface area contributed by atoms with E-state index in [2.05, 4.69) is 4.98 Å². The summed E-state index contributed by atoms with van der Waals surface area (Å²) in [5.74, 6) is 0.368. The smallest absolute Gasteiger partial charge is 0.149 e. The molecule has 3 aromatic rings. The number of halogens is 1. The van der Waals surface area contributed by atoms with Crippen LogP contribution in [-0.4, -0.2) is 9.55 Å². The summed E-state index contributed by atoms with van der Waals surface area (Å²) >= 11 is 0. The van der Waals surface area contributed by atoms with Crippen LogP contribution in [0, 0.1) is 5.82 Å². The Morgan fingerprint density at radius 2 is 1.84 bits per heavy atom. The van der Waals surface area contributed by atoms with E-state index in [1.807, 2.05) is 37.3 Å². The molecule has 1 atom stereocenters. The van der Waals surface area contributed by atoms with Crippen molar-refractivity contribution in [2.45, 2.75) is 13.0 Å². The maximum atomic E-state index is 14.1. The average Bonchev–Trinajstić information content (AvgIpc) is 2.81. The summed E-state index contributed by atoms with van der Waals surface area (Å²) in [6, 6.07) is 14.2. The van der Waals surface area contributed by atoms with Gasteiger partial charge in [0, 0.05) is 5.69 Å². The predicted molar refractivity (Wildman–Crippen MR) is 73.6 cm³/mol. The van der Waals surface area contributed by atoms with Crippen molar-refractivity contribution in [2.24, 2.45) is 5.73 Å². The highest BCUT2D eigenvalue weighted by molar-refractivity contribution is 5.79. The number of benzene rings is 2. The molecule has 0 saturated heterocycles. The van der Waals surface area contributed by atoms with E-state index in [4.69, 9.17) is 5.73 Å². The fraction of sp³-hybridized carbons (Fsp3) is 0.133. The van der Waals surface area contributed by atoms with Crippen molar-refractivity contribution < 1.29 is 4.39 Å². The van der Waals surface area contributed by atoms with Gasteiger partial charge in [-0.25, -0.2) is 9.37 Å². The molecule has 96 valence electrons. The summed E-state index contributed by atoms with van der Waals surface area (Å²) in [7, 11) is 0. The Hall–Kier alpha value is -2.20. The Balaban J connectivity index is 2.40. The van der Waals surface area contributed by atoms with Gasteiger partial charge in [0.05, 0.1) is 11.6 Å². The first-order chi connectivity index (χ1) is 9.18. The molecule has 1 unspecified atom stereocenters. The van der Waals surface area contributed by atoms with Crippen LogP contribution in [-0.2, 0) is 0 Å². The van der Waals surface area contributed by atoms with Gasteiger partial charge in [-0.1, -0.05) is 24.3 Å². The van der Waals surface area contributed by atoms with Crippen LogP contribution < -0.4 is 5.73 Å². The standard InChI is InChI=1S/C15H14FN3/c1-10(17)15-18-13-9-5-8-12(16)14(13)19(15)11-6-3-2-4-7-11/h2-10H,17H2,1H3. The summed E-state index contributed by atoms with van der Waals surface area (Å²) in [5.41, 5.74) is 7.92. The summed E-state index contributed by atoms with van der Waals surface area (Å²) in [6.07, 6.45) is 0. The summed E-state index contributed by atoms with van der Waals surface area (Å²) < 4.78 is 15.9. The molecule has 0 radical (unpaired) electrons. The van der Waals surface area contributed by atoms with Crippen LogP contribution in [0.3, 0.4) is 0 Å². The summed E-state index contributed by atoms with van der Waals surface area (Å²) in [5, 5.41) is 0. The van der Waals surface area contributed by atoms with Crippen LogP contribution in [0.25, 0.3) is 16.7 Å². The zero-order valence-corrected chi connectivity index (χ0v) is 10.5. The second-order valence-electron chi connectivity index (χ2n) is 4.54. The van der Waals surface area contributed by atoms with Gasteiger partial charge in [0.2, 0.25) is 0 Å². The first kappa shape index (κ1) is 11.9. The van der Waals surface area contributed by atoms with Gasteiger partial charge in [0.1, 0.15) is 17.2 Å². The van der Waals surface area contributed by atoms with Crippen molar-refractivity contribution in [1.82, 2.24) is 9.55 Å². The molecule has 1 heterocycles. The molecule has 1 aromatic heterocycles. The van der Waals surface area contributed by atoms with Crippen LogP contribution in [0.2, 0.25) is 0 Å². The number of imidazole rings is 1. The molecule has 19 heavy (non-hydrogen) atoms. The van der Waals surface area contributed by atoms with E-state index in [-0.39, 0.29) is 11.9 Å². The van der Waals surface area contributed by atoms with Gasteiger partial charge in [-0.15, -0.1) is 0 Å². The topological polar surface area (TPSA) is 43.8 Å². The van der Waals surface area contributed by atoms with Crippen molar-refractivity contribution in [2.75, 3.05) is 0 Å². The Morgan fingerprint density at radius 3 is 2.53 bits per heavy atom. The van der Waals surface area contributed by atoms with Gasteiger partial charge in [-0.3, -0.25) is 4.57 Å². The van der Waals surface area contributed by atoms with Gasteiger partial charge in [0.25, 0.3) is 0 Å². The minimum Gasteiger partial charge on any atom is -0.322 e. The van der Waals surface area contributed by atoms with Crippen molar-refractivity contribution >= 4 is 11.0 Å². The molecule has 0 fully saturated rings. The minimum absolute atomic E-state index is 0.271. The van der Waals surface area contributed by atoms with Crippen molar-refractivity contribution in [3.63, 3.8) is 0 Å². The molecule has 0 bridgehead atoms. The number of fused-ring (bicyclic) bond motifs is 1. The van der Waals surface area contributed by atoms with Gasteiger partial charge >= 0.3 is 0 Å². The van der Waals surface area contributed by atoms with Crippen LogP contribution in [0.4, 0.5) is 4.39 Å². The van der Waals surface area contributed by atoms with E-state index >= 15 is 0 Å². The van der Waals surface area contributed by atoms with E-state index in [0.29, 0.717) is 16.9 Å². The van der Waals surface area contributed by atoms with Gasteiger partial charge in [-0.05, 0) is 31.2 Å². The molecule has 4 heteroatoms. The SMILES string of the molecule is CC(N)c1nc2cccc(F)c2n1-c1ccccc1. The molecular formula is C15H14FN3. The third-order valence-electron chi connectivity index (χ3n) is 3.07. The maximum absolute atomic E-state index is 14.1. The lowest BCUT2D eigenvalue weighted by Gasteiger charge is -2.11. The highest BCUT2D eigenvalue weighted by Gasteiger charge is 2.17. The third kappa shape index (κ3) is 1.90. The Labute approximate surface area is 110 Å². The first-order valence-corrected chi connectivity index (χ1v) is 6.16. The Kier molecular flexibility index (Phi) is 2.80. The second kappa shape index (κ2) is 4.48. The summed E-state index contributed by atoms with van der Waals surface area (Å²) in [6.45, 7) is 1.85. The number of hydrogen-bond acceptors (Lipinski definition) is 2. The van der Waals surface area contributed by atoms with Gasteiger partial charge in [-0.2, -0.15) is 0 Å². The zero-order chi connectivity index (χ0) is 13.4. The Morgan fingerprint density at radius 1 is 1.11 bits per heavy atom. The number of aromatic nitrogens is 2. The quantitative estimate of drug-likeness (QED) is 0.764. The van der Waals surface area contributed by atoms with Gasteiger partial charge in [0.15, 0.2) is 0 Å². The lowest BCUT2D eigenvalue weighted by Crippen LogP contribution is -2.12.